The fourth-order valence-electron chi connectivity index (χ4n) is 15.6. The molecular formula is C51H78O15. The standard InChI is InChI=1S/C51H78O15/c1-25-45(63-43-23-37(54)46(26(2)59-43)64-44-24-39-47(27(3)60-44)66-48(4,5)65-39)36(53)22-42(58-25)61-30-14-16-49(6)29(19-30)12-13-33-34(49)21-40(55)50(7)32(15-17-51(33,50)57)31-20-41(56)62-38(31)18-28-10-8-9-11-35(28)52/h8-11,25-27,29-34,36-47,52-57H,12-24H2,1-7H3/t25-,26-,27-,29-,30+,31?,32-,33-,34+,36+,37+,38?,39+,40-,41?,42?,43?,44?,45-,46-,47-,49+,50+,51+/m1/s1. The van der Waals surface area contributed by atoms with E-state index in [0.717, 1.165) is 44.1 Å². The molecule has 0 aromatic heterocycles. The lowest BCUT2D eigenvalue weighted by molar-refractivity contribution is -0.334. The monoisotopic (exact) mass is 931 g/mol. The van der Waals surface area contributed by atoms with Crippen LogP contribution in [0.15, 0.2) is 24.3 Å². The van der Waals surface area contributed by atoms with Crippen molar-refractivity contribution in [3.8, 4) is 5.75 Å². The van der Waals surface area contributed by atoms with Crippen LogP contribution in [0.4, 0.5) is 0 Å². The molecule has 5 heterocycles. The molecule has 0 spiro atoms. The van der Waals surface area contributed by atoms with Crippen molar-refractivity contribution in [3.63, 3.8) is 0 Å². The number of aliphatic hydroxyl groups is 5. The topological polar surface area (TPSA) is 204 Å². The van der Waals surface area contributed by atoms with Gasteiger partial charge < -0.3 is 73.3 Å². The molecule has 372 valence electrons. The van der Waals surface area contributed by atoms with Gasteiger partial charge in [-0.05, 0) is 133 Å². The van der Waals surface area contributed by atoms with E-state index in [9.17, 15) is 30.6 Å². The smallest absolute Gasteiger partial charge is 0.163 e. The van der Waals surface area contributed by atoms with Gasteiger partial charge in [0.15, 0.2) is 30.9 Å². The predicted octanol–water partition coefficient (Wildman–Crippen LogP) is 5.21. The fraction of sp³-hybridized carbons (Fsp3) is 0.882. The Labute approximate surface area is 390 Å². The van der Waals surface area contributed by atoms with Crippen molar-refractivity contribution >= 4 is 0 Å². The van der Waals surface area contributed by atoms with Crippen LogP contribution >= 0.6 is 0 Å². The van der Waals surface area contributed by atoms with Crippen molar-refractivity contribution in [2.75, 3.05) is 0 Å². The summed E-state index contributed by atoms with van der Waals surface area (Å²) in [5.74, 6) is -0.0250. The van der Waals surface area contributed by atoms with Crippen LogP contribution in [0, 0.1) is 40.4 Å². The Morgan fingerprint density at radius 2 is 1.30 bits per heavy atom. The molecule has 0 bridgehead atoms. The molecule has 4 saturated carbocycles. The van der Waals surface area contributed by atoms with Crippen LogP contribution in [0.5, 0.6) is 5.75 Å². The molecule has 0 radical (unpaired) electrons. The Bertz CT molecular complexity index is 1850. The molecule has 10 rings (SSSR count). The minimum Gasteiger partial charge on any atom is -0.508 e. The number of fused-ring (bicyclic) bond motifs is 6. The number of phenolic OH excluding ortho intramolecular Hbond substituents is 1. The molecule has 1 aromatic carbocycles. The second-order valence-corrected chi connectivity index (χ2v) is 23.0. The largest absolute Gasteiger partial charge is 0.508 e. The zero-order valence-electron chi connectivity index (χ0n) is 40.0. The van der Waals surface area contributed by atoms with Crippen molar-refractivity contribution in [2.24, 2.45) is 40.4 Å². The number of aromatic hydroxyl groups is 1. The van der Waals surface area contributed by atoms with E-state index < -0.39 is 84.7 Å². The summed E-state index contributed by atoms with van der Waals surface area (Å²) in [6, 6.07) is 7.25. The highest BCUT2D eigenvalue weighted by atomic mass is 16.8. The van der Waals surface area contributed by atoms with Gasteiger partial charge in [0, 0.05) is 37.5 Å². The SMILES string of the molecule is C[C@H]1OC(O[C@H]2[C@@H](O)CC(O[C@H]3[C@@H](O)CC(O[C@H]4CC[C@@]5(C)[C@H](CC[C@@H]6[C@@H]5C[C@@H](O)[C@]5(C)[C@@H](C7CC(O)OC7Cc7ccccc7O)CC[C@]65O)C4)O[C@@H]3C)O[C@@H]2C)C[C@@H]2OC(C)(C)O[C@@H]21. The third-order valence-electron chi connectivity index (χ3n) is 18.9. The van der Waals surface area contributed by atoms with Crippen molar-refractivity contribution in [2.45, 2.75) is 242 Å². The maximum atomic E-state index is 13.0. The molecule has 5 saturated heterocycles. The molecule has 5 aliphatic heterocycles. The van der Waals surface area contributed by atoms with Crippen LogP contribution in [-0.2, 0) is 49.1 Å². The van der Waals surface area contributed by atoms with E-state index in [1.54, 1.807) is 12.1 Å². The van der Waals surface area contributed by atoms with Gasteiger partial charge in [-0.3, -0.25) is 0 Å². The molecule has 15 nitrogen and oxygen atoms in total. The Morgan fingerprint density at radius 1 is 0.652 bits per heavy atom. The van der Waals surface area contributed by atoms with E-state index in [1.165, 1.54) is 0 Å². The van der Waals surface area contributed by atoms with E-state index in [-0.39, 0.29) is 78.2 Å². The molecule has 9 aliphatic rings. The van der Waals surface area contributed by atoms with E-state index in [1.807, 2.05) is 46.8 Å². The van der Waals surface area contributed by atoms with Gasteiger partial charge >= 0.3 is 0 Å². The van der Waals surface area contributed by atoms with E-state index in [4.69, 9.17) is 42.6 Å². The first-order valence-electron chi connectivity index (χ1n) is 25.4. The lowest BCUT2D eigenvalue weighted by Gasteiger charge is -2.65. The molecule has 1 aromatic rings. The summed E-state index contributed by atoms with van der Waals surface area (Å²) >= 11 is 0. The second-order valence-electron chi connectivity index (χ2n) is 23.0. The average Bonchev–Trinajstić information content (AvgIpc) is 3.87. The molecular weight excluding hydrogens is 853 g/mol. The molecule has 0 amide bonds. The number of rotatable bonds is 9. The Balaban J connectivity index is 0.721. The van der Waals surface area contributed by atoms with Gasteiger partial charge in [0.25, 0.3) is 0 Å². The highest BCUT2D eigenvalue weighted by molar-refractivity contribution is 5.33. The van der Waals surface area contributed by atoms with E-state index >= 15 is 0 Å². The van der Waals surface area contributed by atoms with Crippen LogP contribution < -0.4 is 0 Å². The van der Waals surface area contributed by atoms with Crippen molar-refractivity contribution in [3.05, 3.63) is 29.8 Å². The van der Waals surface area contributed by atoms with Gasteiger partial charge in [-0.15, -0.1) is 0 Å². The predicted molar refractivity (Wildman–Crippen MR) is 236 cm³/mol. The third-order valence-corrected chi connectivity index (χ3v) is 18.9. The maximum absolute atomic E-state index is 13.0. The minimum atomic E-state index is -1.05. The van der Waals surface area contributed by atoms with Gasteiger partial charge in [-0.1, -0.05) is 32.0 Å². The summed E-state index contributed by atoms with van der Waals surface area (Å²) in [6.45, 7) is 13.9. The van der Waals surface area contributed by atoms with Gasteiger partial charge in [0.05, 0.1) is 60.5 Å². The fourth-order valence-corrected chi connectivity index (χ4v) is 15.6. The second kappa shape index (κ2) is 17.9. The Hall–Kier alpha value is -1.54. The third kappa shape index (κ3) is 8.41. The van der Waals surface area contributed by atoms with Crippen molar-refractivity contribution in [1.82, 2.24) is 0 Å². The van der Waals surface area contributed by atoms with Crippen LogP contribution in [-0.4, -0.2) is 140 Å². The molecule has 9 fully saturated rings. The number of para-hydroxylation sites is 1. The van der Waals surface area contributed by atoms with Gasteiger partial charge in [0.2, 0.25) is 0 Å². The molecule has 24 atom stereocenters. The number of ether oxygens (including phenoxy) is 9. The van der Waals surface area contributed by atoms with Crippen LogP contribution in [0.25, 0.3) is 0 Å². The number of phenols is 1. The summed E-state index contributed by atoms with van der Waals surface area (Å²) in [5.41, 5.74) is -1.11. The zero-order valence-corrected chi connectivity index (χ0v) is 40.0. The summed E-state index contributed by atoms with van der Waals surface area (Å²) in [4.78, 5) is 0. The Morgan fingerprint density at radius 3 is 1.98 bits per heavy atom. The highest BCUT2D eigenvalue weighted by Gasteiger charge is 2.72. The average molecular weight is 931 g/mol. The summed E-state index contributed by atoms with van der Waals surface area (Å²) in [6.07, 6.45) is -0.433. The van der Waals surface area contributed by atoms with Crippen LogP contribution in [0.1, 0.15) is 131 Å². The van der Waals surface area contributed by atoms with E-state index in [2.05, 4.69) is 13.8 Å². The first-order chi connectivity index (χ1) is 31.3. The molecule has 4 aliphatic carbocycles. The first-order valence-corrected chi connectivity index (χ1v) is 25.4. The van der Waals surface area contributed by atoms with Crippen molar-refractivity contribution < 1.29 is 73.3 Å². The number of hydrogen-bond acceptors (Lipinski definition) is 15. The molecule has 15 heteroatoms. The lowest BCUT2D eigenvalue weighted by Crippen LogP contribution is -2.67. The summed E-state index contributed by atoms with van der Waals surface area (Å²) in [7, 11) is 0. The highest BCUT2D eigenvalue weighted by Crippen LogP contribution is 2.70. The quantitative estimate of drug-likeness (QED) is 0.176. The number of aliphatic hydroxyl groups excluding tert-OH is 4. The summed E-state index contributed by atoms with van der Waals surface area (Å²) < 4.78 is 56.3. The van der Waals surface area contributed by atoms with Gasteiger partial charge in [-0.25, -0.2) is 0 Å². The zero-order chi connectivity index (χ0) is 46.7. The molecule has 6 N–H and O–H groups in total. The first kappa shape index (κ1) is 48.1. The molecule has 6 unspecified atom stereocenters. The Kier molecular flexibility index (Phi) is 13.1. The molecule has 66 heavy (non-hydrogen) atoms. The van der Waals surface area contributed by atoms with Crippen LogP contribution in [0.2, 0.25) is 0 Å². The van der Waals surface area contributed by atoms with Crippen LogP contribution in [0.3, 0.4) is 0 Å². The maximum Gasteiger partial charge on any atom is 0.163 e. The summed E-state index contributed by atoms with van der Waals surface area (Å²) in [5, 5.41) is 69.4. The van der Waals surface area contributed by atoms with Crippen molar-refractivity contribution in [1.29, 1.82) is 0 Å². The lowest BCUT2D eigenvalue weighted by atomic mass is 9.42. The number of hydrogen-bond donors (Lipinski definition) is 6. The van der Waals surface area contributed by atoms with Gasteiger partial charge in [0.1, 0.15) is 24.1 Å². The minimum absolute atomic E-state index is 0.0388. The normalized spacial score (nSPS) is 53.4. The van der Waals surface area contributed by atoms with E-state index in [0.29, 0.717) is 38.0 Å². The van der Waals surface area contributed by atoms with Gasteiger partial charge in [-0.2, -0.15) is 0 Å². The number of benzene rings is 1.